The van der Waals surface area contributed by atoms with Crippen molar-refractivity contribution in [1.29, 1.82) is 0 Å². The molecule has 2 amide bonds. The summed E-state index contributed by atoms with van der Waals surface area (Å²) in [7, 11) is 0. The molecular weight excluding hydrogens is 180 g/mol. The van der Waals surface area contributed by atoms with Crippen molar-refractivity contribution in [3.63, 3.8) is 0 Å². The highest BCUT2D eigenvalue weighted by Crippen LogP contribution is 2.18. The number of nitrogens with zero attached hydrogens (tertiary/aromatic N) is 1. The molecule has 1 aliphatic heterocycles. The van der Waals surface area contributed by atoms with E-state index in [0.29, 0.717) is 12.5 Å². The summed E-state index contributed by atoms with van der Waals surface area (Å²) in [4.78, 5) is 24.4. The van der Waals surface area contributed by atoms with Crippen LogP contribution in [-0.2, 0) is 9.59 Å². The number of nitrogens with one attached hydrogen (secondary N) is 1. The lowest BCUT2D eigenvalue weighted by atomic mass is 10.1. The molecule has 0 bridgehead atoms. The third-order valence-corrected chi connectivity index (χ3v) is 2.70. The lowest BCUT2D eigenvalue weighted by molar-refractivity contribution is -0.137. The van der Waals surface area contributed by atoms with E-state index in [0.717, 1.165) is 32.2 Å². The first kappa shape index (κ1) is 9.49. The molecule has 0 aromatic carbocycles. The van der Waals surface area contributed by atoms with Gasteiger partial charge in [0.2, 0.25) is 11.8 Å². The Bertz CT molecular complexity index is 249. The van der Waals surface area contributed by atoms with Crippen molar-refractivity contribution in [2.24, 2.45) is 0 Å². The standard InChI is InChI=1S/C10H16N2O2/c13-9(11-8-4-5-8)7-12-6-2-1-3-10(12)14/h8H,1-7H2,(H,11,13). The first-order valence-electron chi connectivity index (χ1n) is 5.33. The van der Waals surface area contributed by atoms with Crippen molar-refractivity contribution in [3.8, 4) is 0 Å². The molecule has 14 heavy (non-hydrogen) atoms. The fraction of sp³-hybridized carbons (Fsp3) is 0.800. The highest BCUT2D eigenvalue weighted by atomic mass is 16.2. The third kappa shape index (κ3) is 2.47. The van der Waals surface area contributed by atoms with Crippen molar-refractivity contribution in [2.75, 3.05) is 13.1 Å². The lowest BCUT2D eigenvalue weighted by Crippen LogP contribution is -2.43. The van der Waals surface area contributed by atoms with Gasteiger partial charge in [0.25, 0.3) is 0 Å². The quantitative estimate of drug-likeness (QED) is 0.704. The first-order chi connectivity index (χ1) is 6.75. The first-order valence-corrected chi connectivity index (χ1v) is 5.33. The Morgan fingerprint density at radius 1 is 1.43 bits per heavy atom. The number of carbonyl (C=O) groups excluding carboxylic acids is 2. The predicted molar refractivity (Wildman–Crippen MR) is 51.6 cm³/mol. The van der Waals surface area contributed by atoms with Crippen LogP contribution in [0.2, 0.25) is 0 Å². The monoisotopic (exact) mass is 196 g/mol. The topological polar surface area (TPSA) is 49.4 Å². The van der Waals surface area contributed by atoms with Crippen molar-refractivity contribution >= 4 is 11.8 Å². The SMILES string of the molecule is O=C(CN1CCCCC1=O)NC1CC1. The van der Waals surface area contributed by atoms with Gasteiger partial charge >= 0.3 is 0 Å². The van der Waals surface area contributed by atoms with Gasteiger partial charge in [-0.1, -0.05) is 0 Å². The summed E-state index contributed by atoms with van der Waals surface area (Å²) in [5, 5.41) is 2.89. The van der Waals surface area contributed by atoms with Crippen LogP contribution in [-0.4, -0.2) is 35.8 Å². The molecule has 2 rings (SSSR count). The normalized spacial score (nSPS) is 22.3. The molecule has 0 aromatic heterocycles. The molecule has 1 aliphatic carbocycles. The molecule has 0 radical (unpaired) electrons. The molecule has 2 fully saturated rings. The second-order valence-electron chi connectivity index (χ2n) is 4.11. The number of piperidine rings is 1. The second-order valence-corrected chi connectivity index (χ2v) is 4.11. The fourth-order valence-corrected chi connectivity index (χ4v) is 1.70. The van der Waals surface area contributed by atoms with Gasteiger partial charge in [-0.25, -0.2) is 0 Å². The lowest BCUT2D eigenvalue weighted by Gasteiger charge is -2.25. The molecule has 0 atom stereocenters. The van der Waals surface area contributed by atoms with E-state index in [9.17, 15) is 9.59 Å². The third-order valence-electron chi connectivity index (χ3n) is 2.70. The molecule has 0 unspecified atom stereocenters. The van der Waals surface area contributed by atoms with E-state index in [1.165, 1.54) is 0 Å². The van der Waals surface area contributed by atoms with Crippen molar-refractivity contribution < 1.29 is 9.59 Å². The minimum absolute atomic E-state index is 0.00255. The number of rotatable bonds is 3. The minimum Gasteiger partial charge on any atom is -0.352 e. The van der Waals surface area contributed by atoms with Gasteiger partial charge in [-0.15, -0.1) is 0 Å². The Labute approximate surface area is 83.6 Å². The Morgan fingerprint density at radius 2 is 2.21 bits per heavy atom. The van der Waals surface area contributed by atoms with Gasteiger partial charge in [-0.3, -0.25) is 9.59 Å². The minimum atomic E-state index is 0.00255. The van der Waals surface area contributed by atoms with Crippen LogP contribution >= 0.6 is 0 Å². The smallest absolute Gasteiger partial charge is 0.239 e. The summed E-state index contributed by atoms with van der Waals surface area (Å²) in [6, 6.07) is 0.391. The van der Waals surface area contributed by atoms with E-state index in [1.807, 2.05) is 0 Å². The maximum absolute atomic E-state index is 11.4. The zero-order valence-electron chi connectivity index (χ0n) is 8.29. The number of likely N-dealkylation sites (tertiary alicyclic amines) is 1. The highest BCUT2D eigenvalue weighted by Gasteiger charge is 2.25. The number of carbonyl (C=O) groups is 2. The molecule has 0 aromatic rings. The van der Waals surface area contributed by atoms with Gasteiger partial charge in [-0.05, 0) is 25.7 Å². The van der Waals surface area contributed by atoms with E-state index >= 15 is 0 Å². The maximum atomic E-state index is 11.4. The van der Waals surface area contributed by atoms with Gasteiger partial charge in [0.15, 0.2) is 0 Å². The van der Waals surface area contributed by atoms with Gasteiger partial charge in [0.1, 0.15) is 0 Å². The van der Waals surface area contributed by atoms with Gasteiger partial charge in [-0.2, -0.15) is 0 Å². The maximum Gasteiger partial charge on any atom is 0.239 e. The van der Waals surface area contributed by atoms with Crippen LogP contribution in [0.1, 0.15) is 32.1 Å². The van der Waals surface area contributed by atoms with Crippen LogP contribution in [0.5, 0.6) is 0 Å². The van der Waals surface area contributed by atoms with Gasteiger partial charge in [0, 0.05) is 19.0 Å². The molecule has 78 valence electrons. The van der Waals surface area contributed by atoms with Crippen LogP contribution in [0.15, 0.2) is 0 Å². The molecule has 1 saturated heterocycles. The van der Waals surface area contributed by atoms with E-state index < -0.39 is 0 Å². The second kappa shape index (κ2) is 3.98. The predicted octanol–water partition coefficient (Wildman–Crippen LogP) is 0.278. The van der Waals surface area contributed by atoms with Crippen molar-refractivity contribution in [3.05, 3.63) is 0 Å². The average molecular weight is 196 g/mol. The summed E-state index contributed by atoms with van der Waals surface area (Å²) in [5.41, 5.74) is 0. The van der Waals surface area contributed by atoms with E-state index in [2.05, 4.69) is 5.32 Å². The molecule has 4 heteroatoms. The number of hydrogen-bond donors (Lipinski definition) is 1. The summed E-state index contributed by atoms with van der Waals surface area (Å²) in [6.45, 7) is 1.01. The number of hydrogen-bond acceptors (Lipinski definition) is 2. The Balaban J connectivity index is 1.76. The van der Waals surface area contributed by atoms with E-state index in [4.69, 9.17) is 0 Å². The summed E-state index contributed by atoms with van der Waals surface area (Å²) in [5.74, 6) is 0.130. The molecule has 1 heterocycles. The zero-order chi connectivity index (χ0) is 9.97. The Hall–Kier alpha value is -1.06. The fourth-order valence-electron chi connectivity index (χ4n) is 1.70. The van der Waals surface area contributed by atoms with E-state index in [1.54, 1.807) is 4.90 Å². The van der Waals surface area contributed by atoms with Gasteiger partial charge in [0.05, 0.1) is 6.54 Å². The molecule has 1 N–H and O–H groups in total. The van der Waals surface area contributed by atoms with Crippen LogP contribution < -0.4 is 5.32 Å². The average Bonchev–Trinajstić information content (AvgIpc) is 2.93. The largest absolute Gasteiger partial charge is 0.352 e. The van der Waals surface area contributed by atoms with Crippen LogP contribution in [0, 0.1) is 0 Å². The van der Waals surface area contributed by atoms with Crippen molar-refractivity contribution in [1.82, 2.24) is 10.2 Å². The van der Waals surface area contributed by atoms with E-state index in [-0.39, 0.29) is 18.4 Å². The Kier molecular flexibility index (Phi) is 2.70. The Morgan fingerprint density at radius 3 is 2.86 bits per heavy atom. The van der Waals surface area contributed by atoms with Crippen LogP contribution in [0.4, 0.5) is 0 Å². The molecule has 1 saturated carbocycles. The number of amides is 2. The molecule has 2 aliphatic rings. The summed E-state index contributed by atoms with van der Waals surface area (Å²) >= 11 is 0. The van der Waals surface area contributed by atoms with Crippen molar-refractivity contribution in [2.45, 2.75) is 38.1 Å². The highest BCUT2D eigenvalue weighted by molar-refractivity contribution is 5.85. The van der Waals surface area contributed by atoms with Crippen LogP contribution in [0.3, 0.4) is 0 Å². The summed E-state index contributed by atoms with van der Waals surface area (Å²) < 4.78 is 0. The molecule has 0 spiro atoms. The molecule has 4 nitrogen and oxygen atoms in total. The summed E-state index contributed by atoms with van der Waals surface area (Å²) in [6.07, 6.45) is 4.80. The van der Waals surface area contributed by atoms with Gasteiger partial charge < -0.3 is 10.2 Å². The van der Waals surface area contributed by atoms with Crippen LogP contribution in [0.25, 0.3) is 0 Å². The zero-order valence-corrected chi connectivity index (χ0v) is 8.29. The molecular formula is C10H16N2O2.